The van der Waals surface area contributed by atoms with E-state index in [4.69, 9.17) is 26.3 Å². The van der Waals surface area contributed by atoms with Crippen LogP contribution in [0.4, 0.5) is 10.1 Å². The normalized spacial score (nSPS) is 13.2. The number of rotatable bonds is 4. The van der Waals surface area contributed by atoms with Crippen molar-refractivity contribution in [1.29, 1.82) is 0 Å². The lowest BCUT2D eigenvalue weighted by atomic mass is 9.81. The topological polar surface area (TPSA) is 52.3 Å². The molecule has 1 aliphatic rings. The highest BCUT2D eigenvalue weighted by molar-refractivity contribution is 5.80. The van der Waals surface area contributed by atoms with Crippen LogP contribution < -0.4 is 4.74 Å². The van der Waals surface area contributed by atoms with Gasteiger partial charge >= 0.3 is 0 Å². The molecule has 5 nitrogen and oxygen atoms in total. The molecule has 0 spiro atoms. The van der Waals surface area contributed by atoms with Gasteiger partial charge in [0, 0.05) is 27.8 Å². The number of nitrogens with zero attached hydrogens (tertiary/aromatic N) is 4. The Labute approximate surface area is 274 Å². The molecule has 2 heterocycles. The first-order valence-corrected chi connectivity index (χ1v) is 15.6. The van der Waals surface area contributed by atoms with Gasteiger partial charge in [0.25, 0.3) is 0 Å². The Balaban J connectivity index is 1.38. The molecule has 230 valence electrons. The van der Waals surface area contributed by atoms with Crippen molar-refractivity contribution in [2.24, 2.45) is 0 Å². The Bertz CT molecular complexity index is 2190. The number of ether oxygens (including phenoxy) is 1. The van der Waals surface area contributed by atoms with Gasteiger partial charge in [0.05, 0.1) is 6.57 Å². The Morgan fingerprint density at radius 1 is 0.638 bits per heavy atom. The standard InChI is InChI=1S/C41H33FN4O/c1-40(2,3)30-15-21-36-34(24-30)33-20-14-29(23-35(33)41(4,5)47-36)39-45-37(26-12-18-32(43-6)19-13-26)44-38(46-39)28-9-7-8-27(22-28)25-10-16-31(42)17-11-25/h7-24H,1-5H3. The fourth-order valence-corrected chi connectivity index (χ4v) is 5.97. The molecule has 0 saturated heterocycles. The average Bonchev–Trinajstić information content (AvgIpc) is 3.07. The van der Waals surface area contributed by atoms with Crippen LogP contribution in [-0.4, -0.2) is 15.0 Å². The summed E-state index contributed by atoms with van der Waals surface area (Å²) in [4.78, 5) is 18.4. The third-order valence-electron chi connectivity index (χ3n) is 8.62. The van der Waals surface area contributed by atoms with E-state index in [1.54, 1.807) is 24.3 Å². The van der Waals surface area contributed by atoms with Gasteiger partial charge < -0.3 is 4.74 Å². The quantitative estimate of drug-likeness (QED) is 0.185. The van der Waals surface area contributed by atoms with E-state index >= 15 is 0 Å². The van der Waals surface area contributed by atoms with Gasteiger partial charge in [0.2, 0.25) is 0 Å². The molecular weight excluding hydrogens is 583 g/mol. The second-order valence-corrected chi connectivity index (χ2v) is 13.4. The molecule has 0 bridgehead atoms. The number of fused-ring (bicyclic) bond motifs is 3. The molecule has 0 saturated carbocycles. The molecule has 0 amide bonds. The molecule has 6 heteroatoms. The van der Waals surface area contributed by atoms with Crippen molar-refractivity contribution < 1.29 is 9.13 Å². The summed E-state index contributed by atoms with van der Waals surface area (Å²) in [7, 11) is 0. The van der Waals surface area contributed by atoms with Gasteiger partial charge in [-0.1, -0.05) is 93.6 Å². The highest BCUT2D eigenvalue weighted by Crippen LogP contribution is 2.47. The summed E-state index contributed by atoms with van der Waals surface area (Å²) in [6, 6.07) is 34.4. The minimum atomic E-state index is -0.584. The van der Waals surface area contributed by atoms with Crippen LogP contribution in [0, 0.1) is 12.4 Å². The predicted octanol–water partition coefficient (Wildman–Crippen LogP) is 10.8. The van der Waals surface area contributed by atoms with Gasteiger partial charge in [-0.25, -0.2) is 24.2 Å². The van der Waals surface area contributed by atoms with E-state index in [-0.39, 0.29) is 11.2 Å². The molecule has 7 rings (SSSR count). The lowest BCUT2D eigenvalue weighted by molar-refractivity contribution is 0.106. The molecule has 0 radical (unpaired) electrons. The van der Waals surface area contributed by atoms with E-state index in [9.17, 15) is 4.39 Å². The summed E-state index contributed by atoms with van der Waals surface area (Å²) >= 11 is 0. The lowest BCUT2D eigenvalue weighted by Crippen LogP contribution is -2.29. The summed E-state index contributed by atoms with van der Waals surface area (Å²) in [6.45, 7) is 18.2. The van der Waals surface area contributed by atoms with E-state index in [0.717, 1.165) is 50.3 Å². The Morgan fingerprint density at radius 3 is 1.89 bits per heavy atom. The summed E-state index contributed by atoms with van der Waals surface area (Å²) in [5, 5.41) is 0. The first-order valence-electron chi connectivity index (χ1n) is 15.6. The van der Waals surface area contributed by atoms with E-state index in [2.05, 4.69) is 75.9 Å². The predicted molar refractivity (Wildman–Crippen MR) is 186 cm³/mol. The van der Waals surface area contributed by atoms with Crippen molar-refractivity contribution in [2.45, 2.75) is 45.6 Å². The number of benzene rings is 5. The minimum Gasteiger partial charge on any atom is -0.482 e. The first-order chi connectivity index (χ1) is 22.5. The maximum atomic E-state index is 13.6. The molecule has 5 aromatic carbocycles. The molecule has 0 aliphatic carbocycles. The van der Waals surface area contributed by atoms with Crippen molar-refractivity contribution in [3.8, 4) is 62.2 Å². The van der Waals surface area contributed by atoms with Crippen molar-refractivity contribution in [1.82, 2.24) is 15.0 Å². The molecule has 0 N–H and O–H groups in total. The van der Waals surface area contributed by atoms with Crippen LogP contribution in [0.3, 0.4) is 0 Å². The van der Waals surface area contributed by atoms with Gasteiger partial charge in [-0.15, -0.1) is 0 Å². The number of hydrogen-bond donors (Lipinski definition) is 0. The maximum Gasteiger partial charge on any atom is 0.187 e. The number of aromatic nitrogens is 3. The van der Waals surface area contributed by atoms with Crippen molar-refractivity contribution >= 4 is 5.69 Å². The molecule has 1 aliphatic heterocycles. The summed E-state index contributed by atoms with van der Waals surface area (Å²) in [6.07, 6.45) is 0. The number of halogens is 1. The Hall–Kier alpha value is -5.67. The second-order valence-electron chi connectivity index (χ2n) is 13.4. The van der Waals surface area contributed by atoms with Crippen molar-refractivity contribution in [3.05, 3.63) is 138 Å². The molecule has 6 aromatic rings. The van der Waals surface area contributed by atoms with Crippen LogP contribution in [0.1, 0.15) is 45.7 Å². The van der Waals surface area contributed by atoms with E-state index < -0.39 is 5.60 Å². The molecule has 0 atom stereocenters. The van der Waals surface area contributed by atoms with Gasteiger partial charge in [-0.3, -0.25) is 0 Å². The summed E-state index contributed by atoms with van der Waals surface area (Å²) < 4.78 is 20.2. The fraction of sp³-hybridized carbons (Fsp3) is 0.171. The van der Waals surface area contributed by atoms with Gasteiger partial charge in [0.15, 0.2) is 23.2 Å². The van der Waals surface area contributed by atoms with Gasteiger partial charge in [0.1, 0.15) is 17.2 Å². The average molecular weight is 617 g/mol. The van der Waals surface area contributed by atoms with E-state index in [1.165, 1.54) is 17.7 Å². The lowest BCUT2D eigenvalue weighted by Gasteiger charge is -2.36. The second kappa shape index (κ2) is 11.3. The molecular formula is C41H33FN4O. The van der Waals surface area contributed by atoms with E-state index in [0.29, 0.717) is 23.2 Å². The monoisotopic (exact) mass is 616 g/mol. The first kappa shape index (κ1) is 30.0. The highest BCUT2D eigenvalue weighted by atomic mass is 19.1. The molecule has 0 unspecified atom stereocenters. The zero-order valence-corrected chi connectivity index (χ0v) is 27.0. The smallest absolute Gasteiger partial charge is 0.187 e. The van der Waals surface area contributed by atoms with Crippen LogP contribution in [0.25, 0.3) is 61.3 Å². The SMILES string of the molecule is [C-]#[N+]c1ccc(-c2nc(-c3cccc(-c4ccc(F)cc4)c3)nc(-c3ccc4c(c3)C(C)(C)Oc3ccc(C(C)(C)C)cc3-4)n2)cc1. The maximum absolute atomic E-state index is 13.6. The molecule has 1 aromatic heterocycles. The van der Waals surface area contributed by atoms with Gasteiger partial charge in [-0.2, -0.15) is 0 Å². The van der Waals surface area contributed by atoms with Crippen LogP contribution in [0.5, 0.6) is 5.75 Å². The van der Waals surface area contributed by atoms with Crippen LogP contribution >= 0.6 is 0 Å². The largest absolute Gasteiger partial charge is 0.482 e. The molecule has 47 heavy (non-hydrogen) atoms. The van der Waals surface area contributed by atoms with Crippen molar-refractivity contribution in [2.75, 3.05) is 0 Å². The zero-order valence-electron chi connectivity index (χ0n) is 27.0. The van der Waals surface area contributed by atoms with Crippen molar-refractivity contribution in [3.63, 3.8) is 0 Å². The third-order valence-corrected chi connectivity index (χ3v) is 8.62. The summed E-state index contributed by atoms with van der Waals surface area (Å²) in [5.41, 5.74) is 8.70. The highest BCUT2D eigenvalue weighted by Gasteiger charge is 2.34. The fourth-order valence-electron chi connectivity index (χ4n) is 5.97. The Morgan fingerprint density at radius 2 is 1.23 bits per heavy atom. The molecule has 0 fully saturated rings. The number of hydrogen-bond acceptors (Lipinski definition) is 4. The third kappa shape index (κ3) is 5.77. The zero-order chi connectivity index (χ0) is 32.9. The van der Waals surface area contributed by atoms with E-state index in [1.807, 2.05) is 36.4 Å². The summed E-state index contributed by atoms with van der Waals surface area (Å²) in [5.74, 6) is 2.13. The van der Waals surface area contributed by atoms with Crippen LogP contribution in [0.15, 0.2) is 109 Å². The van der Waals surface area contributed by atoms with Crippen LogP contribution in [0.2, 0.25) is 0 Å². The van der Waals surface area contributed by atoms with Crippen LogP contribution in [-0.2, 0) is 11.0 Å². The van der Waals surface area contributed by atoms with Gasteiger partial charge in [-0.05, 0) is 77.9 Å². The minimum absolute atomic E-state index is 0.000739. The Kier molecular flexibility index (Phi) is 7.21.